The molecule has 1 aliphatic carbocycles. The summed E-state index contributed by atoms with van der Waals surface area (Å²) in [6.07, 6.45) is 4.23. The number of piperidine rings is 1. The third kappa shape index (κ3) is 2.56. The number of carbonyl (C=O) groups excluding carboxylic acids is 1. The van der Waals surface area contributed by atoms with Gasteiger partial charge in [-0.2, -0.15) is 0 Å². The van der Waals surface area contributed by atoms with Gasteiger partial charge in [-0.3, -0.25) is 4.79 Å². The first-order valence-corrected chi connectivity index (χ1v) is 8.08. The standard InChI is InChI=1S/C15H22N2O2S/c1-15(19-2)6-3-7-17(9-15)12-8-11(16)14(20-12)13(18)10-4-5-10/h8,10H,3-7,9,16H2,1-2H3. The molecule has 4 nitrogen and oxygen atoms in total. The third-order valence-corrected chi connectivity index (χ3v) is 5.61. The fraction of sp³-hybridized carbons (Fsp3) is 0.667. The molecule has 20 heavy (non-hydrogen) atoms. The highest BCUT2D eigenvalue weighted by Gasteiger charge is 2.35. The van der Waals surface area contributed by atoms with Crippen LogP contribution >= 0.6 is 11.3 Å². The number of nitrogen functional groups attached to an aromatic ring is 1. The molecule has 1 aliphatic heterocycles. The van der Waals surface area contributed by atoms with E-state index in [9.17, 15) is 4.79 Å². The fourth-order valence-electron chi connectivity index (χ4n) is 2.83. The van der Waals surface area contributed by atoms with Crippen molar-refractivity contribution >= 4 is 27.8 Å². The summed E-state index contributed by atoms with van der Waals surface area (Å²) in [7, 11) is 1.77. The van der Waals surface area contributed by atoms with Gasteiger partial charge in [-0.05, 0) is 38.7 Å². The summed E-state index contributed by atoms with van der Waals surface area (Å²) in [6.45, 7) is 4.02. The zero-order chi connectivity index (χ0) is 14.3. The second-order valence-corrected chi connectivity index (χ2v) is 7.22. The zero-order valence-corrected chi connectivity index (χ0v) is 13.0. The average Bonchev–Trinajstić information content (AvgIpc) is 3.21. The van der Waals surface area contributed by atoms with E-state index in [0.717, 1.165) is 48.7 Å². The van der Waals surface area contributed by atoms with Crippen molar-refractivity contribution in [2.45, 2.75) is 38.2 Å². The van der Waals surface area contributed by atoms with Crippen LogP contribution in [0.15, 0.2) is 6.07 Å². The van der Waals surface area contributed by atoms with Crippen molar-refractivity contribution in [3.8, 4) is 0 Å². The molecular weight excluding hydrogens is 272 g/mol. The summed E-state index contributed by atoms with van der Waals surface area (Å²) in [4.78, 5) is 15.3. The van der Waals surface area contributed by atoms with E-state index in [1.807, 2.05) is 6.07 Å². The normalized spacial score (nSPS) is 26.8. The average molecular weight is 294 g/mol. The molecule has 1 unspecified atom stereocenters. The van der Waals surface area contributed by atoms with E-state index in [-0.39, 0.29) is 17.3 Å². The number of anilines is 2. The van der Waals surface area contributed by atoms with E-state index in [0.29, 0.717) is 5.69 Å². The summed E-state index contributed by atoms with van der Waals surface area (Å²) in [5.41, 5.74) is 6.59. The molecule has 1 aromatic rings. The lowest BCUT2D eigenvalue weighted by Crippen LogP contribution is -2.47. The monoisotopic (exact) mass is 294 g/mol. The molecule has 0 radical (unpaired) electrons. The first-order valence-electron chi connectivity index (χ1n) is 7.26. The number of rotatable bonds is 4. The number of nitrogens with zero attached hydrogens (tertiary/aromatic N) is 1. The van der Waals surface area contributed by atoms with E-state index >= 15 is 0 Å². The molecule has 1 saturated carbocycles. The van der Waals surface area contributed by atoms with Gasteiger partial charge in [0.2, 0.25) is 0 Å². The maximum atomic E-state index is 12.2. The lowest BCUT2D eigenvalue weighted by atomic mass is 9.95. The van der Waals surface area contributed by atoms with Gasteiger partial charge in [0.15, 0.2) is 5.78 Å². The summed E-state index contributed by atoms with van der Waals surface area (Å²) in [5.74, 6) is 0.472. The second kappa shape index (κ2) is 5.04. The molecule has 0 bridgehead atoms. The maximum Gasteiger partial charge on any atom is 0.178 e. The van der Waals surface area contributed by atoms with Crippen molar-refractivity contribution in [3.63, 3.8) is 0 Å². The number of carbonyl (C=O) groups is 1. The quantitative estimate of drug-likeness (QED) is 0.868. The largest absolute Gasteiger partial charge is 0.397 e. The number of ether oxygens (including phenoxy) is 1. The Kier molecular flexibility index (Phi) is 3.50. The molecule has 0 aromatic carbocycles. The van der Waals surface area contributed by atoms with Gasteiger partial charge in [0, 0.05) is 26.1 Å². The van der Waals surface area contributed by atoms with Gasteiger partial charge >= 0.3 is 0 Å². The smallest absolute Gasteiger partial charge is 0.178 e. The highest BCUT2D eigenvalue weighted by atomic mass is 32.1. The van der Waals surface area contributed by atoms with Crippen molar-refractivity contribution in [2.75, 3.05) is 30.8 Å². The summed E-state index contributed by atoms with van der Waals surface area (Å²) in [6, 6.07) is 1.96. The van der Waals surface area contributed by atoms with Gasteiger partial charge in [-0.25, -0.2) is 0 Å². The van der Waals surface area contributed by atoms with Gasteiger partial charge in [0.05, 0.1) is 21.2 Å². The summed E-state index contributed by atoms with van der Waals surface area (Å²) >= 11 is 1.55. The van der Waals surface area contributed by atoms with Crippen molar-refractivity contribution < 1.29 is 9.53 Å². The minimum atomic E-state index is -0.0995. The molecule has 2 fully saturated rings. The number of hydrogen-bond acceptors (Lipinski definition) is 5. The zero-order valence-electron chi connectivity index (χ0n) is 12.1. The molecule has 2 heterocycles. The van der Waals surface area contributed by atoms with Gasteiger partial charge in [-0.15, -0.1) is 11.3 Å². The van der Waals surface area contributed by atoms with Crippen LogP contribution in [0.1, 0.15) is 42.3 Å². The van der Waals surface area contributed by atoms with Gasteiger partial charge in [-0.1, -0.05) is 0 Å². The topological polar surface area (TPSA) is 55.6 Å². The van der Waals surface area contributed by atoms with Gasteiger partial charge in [0.25, 0.3) is 0 Å². The molecule has 0 spiro atoms. The van der Waals surface area contributed by atoms with Crippen LogP contribution < -0.4 is 10.6 Å². The number of Topliss-reactive ketones (excluding diaryl/α,β-unsaturated/α-hetero) is 1. The number of hydrogen-bond donors (Lipinski definition) is 1. The molecule has 2 N–H and O–H groups in total. The third-order valence-electron chi connectivity index (χ3n) is 4.38. The van der Waals surface area contributed by atoms with E-state index in [1.54, 1.807) is 18.4 Å². The van der Waals surface area contributed by atoms with Gasteiger partial charge < -0.3 is 15.4 Å². The van der Waals surface area contributed by atoms with Crippen LogP contribution in [0.2, 0.25) is 0 Å². The molecule has 2 aliphatic rings. The Labute approximate surface area is 123 Å². The van der Waals surface area contributed by atoms with Crippen molar-refractivity contribution in [1.29, 1.82) is 0 Å². The Bertz CT molecular complexity index is 524. The highest BCUT2D eigenvalue weighted by Crippen LogP contribution is 2.41. The Morgan fingerprint density at radius 3 is 2.95 bits per heavy atom. The van der Waals surface area contributed by atoms with Crippen LogP contribution in [-0.4, -0.2) is 31.6 Å². The molecule has 3 rings (SSSR count). The number of thiophene rings is 1. The first-order chi connectivity index (χ1) is 9.52. The van der Waals surface area contributed by atoms with Crippen LogP contribution in [0.4, 0.5) is 10.7 Å². The minimum Gasteiger partial charge on any atom is -0.397 e. The highest BCUT2D eigenvalue weighted by molar-refractivity contribution is 7.18. The minimum absolute atomic E-state index is 0.0995. The number of nitrogens with two attached hydrogens (primary N) is 1. The predicted molar refractivity (Wildman–Crippen MR) is 82.6 cm³/mol. The van der Waals surface area contributed by atoms with Crippen molar-refractivity contribution in [1.82, 2.24) is 0 Å². The van der Waals surface area contributed by atoms with Crippen LogP contribution in [0.5, 0.6) is 0 Å². The van der Waals surface area contributed by atoms with E-state index in [4.69, 9.17) is 10.5 Å². The molecule has 5 heteroatoms. The van der Waals surface area contributed by atoms with Crippen molar-refractivity contribution in [3.05, 3.63) is 10.9 Å². The van der Waals surface area contributed by atoms with Gasteiger partial charge in [0.1, 0.15) is 0 Å². The molecule has 0 amide bonds. The van der Waals surface area contributed by atoms with E-state index in [1.165, 1.54) is 0 Å². The predicted octanol–water partition coefficient (Wildman–Crippen LogP) is 2.93. The Morgan fingerprint density at radius 2 is 2.30 bits per heavy atom. The molecule has 1 atom stereocenters. The van der Waals surface area contributed by atoms with Crippen LogP contribution in [0.3, 0.4) is 0 Å². The van der Waals surface area contributed by atoms with Crippen LogP contribution in [0.25, 0.3) is 0 Å². The Morgan fingerprint density at radius 1 is 1.55 bits per heavy atom. The SMILES string of the molecule is COC1(C)CCCN(c2cc(N)c(C(=O)C3CC3)s2)C1. The second-order valence-electron chi connectivity index (χ2n) is 6.19. The molecule has 1 saturated heterocycles. The van der Waals surface area contributed by atoms with Crippen LogP contribution in [-0.2, 0) is 4.74 Å². The lowest BCUT2D eigenvalue weighted by Gasteiger charge is -2.39. The fourth-order valence-corrected chi connectivity index (χ4v) is 3.96. The maximum absolute atomic E-state index is 12.2. The number of ketones is 1. The Hall–Kier alpha value is -1.07. The molecule has 1 aromatic heterocycles. The van der Waals surface area contributed by atoms with E-state index in [2.05, 4.69) is 11.8 Å². The summed E-state index contributed by atoms with van der Waals surface area (Å²) in [5, 5.41) is 1.11. The Balaban J connectivity index is 1.80. The lowest BCUT2D eigenvalue weighted by molar-refractivity contribution is -0.00451. The summed E-state index contributed by atoms with van der Waals surface area (Å²) < 4.78 is 5.63. The van der Waals surface area contributed by atoms with Crippen molar-refractivity contribution in [2.24, 2.45) is 5.92 Å². The van der Waals surface area contributed by atoms with E-state index < -0.39 is 0 Å². The molecular formula is C15H22N2O2S. The van der Waals surface area contributed by atoms with Crippen LogP contribution in [0, 0.1) is 5.92 Å². The number of methoxy groups -OCH3 is 1. The molecule has 110 valence electrons. The first kappa shape index (κ1) is 13.9.